The third kappa shape index (κ3) is 1.69. The van der Waals surface area contributed by atoms with E-state index in [0.29, 0.717) is 11.3 Å². The number of non-ortho nitro benzene ring substituents is 1. The van der Waals surface area contributed by atoms with Gasteiger partial charge in [-0.1, -0.05) is 0 Å². The van der Waals surface area contributed by atoms with Gasteiger partial charge in [-0.3, -0.25) is 15.5 Å². The zero-order valence-corrected chi connectivity index (χ0v) is 8.90. The third-order valence-corrected chi connectivity index (χ3v) is 2.25. The van der Waals surface area contributed by atoms with Crippen LogP contribution in [0.5, 0.6) is 0 Å². The van der Waals surface area contributed by atoms with Crippen molar-refractivity contribution in [1.82, 2.24) is 0 Å². The van der Waals surface area contributed by atoms with Gasteiger partial charge < -0.3 is 10.1 Å². The third-order valence-electron chi connectivity index (χ3n) is 2.25. The minimum Gasteiger partial charge on any atom is -0.452 e. The summed E-state index contributed by atoms with van der Waals surface area (Å²) < 4.78 is 5.28. The minimum atomic E-state index is -0.666. The van der Waals surface area contributed by atoms with Crippen molar-refractivity contribution in [3.05, 3.63) is 33.9 Å². The molecule has 84 valence electrons. The Morgan fingerprint density at radius 3 is 2.81 bits per heavy atom. The highest BCUT2D eigenvalue weighted by atomic mass is 16.6. The van der Waals surface area contributed by atoms with E-state index >= 15 is 0 Å². The second-order valence-electron chi connectivity index (χ2n) is 4.05. The highest BCUT2D eigenvalue weighted by Gasteiger charge is 2.30. The molecule has 0 saturated heterocycles. The molecule has 1 aliphatic rings. The molecule has 0 fully saturated rings. The number of nitrogens with zero attached hydrogens (tertiary/aromatic N) is 1. The maximum atomic E-state index is 10.6. The Bertz CT molecular complexity index is 482. The molecule has 6 nitrogen and oxygen atoms in total. The normalized spacial score (nSPS) is 17.0. The Labute approximate surface area is 91.9 Å². The molecule has 16 heavy (non-hydrogen) atoms. The van der Waals surface area contributed by atoms with E-state index in [2.05, 4.69) is 5.32 Å². The number of fused-ring (bicyclic) bond motifs is 1. The molecule has 0 spiro atoms. The van der Waals surface area contributed by atoms with Gasteiger partial charge in [-0.25, -0.2) is 0 Å². The monoisotopic (exact) mass is 221 g/mol. The molecular weight excluding hydrogens is 210 g/mol. The fourth-order valence-corrected chi connectivity index (χ4v) is 1.60. The second kappa shape index (κ2) is 3.19. The van der Waals surface area contributed by atoms with Crippen molar-refractivity contribution >= 4 is 17.3 Å². The number of benzene rings is 1. The van der Waals surface area contributed by atoms with Crippen LogP contribution in [0.3, 0.4) is 0 Å². The van der Waals surface area contributed by atoms with E-state index in [9.17, 15) is 10.1 Å². The summed E-state index contributed by atoms with van der Waals surface area (Å²) in [5.74, 6) is -0.0533. The van der Waals surface area contributed by atoms with E-state index in [1.54, 1.807) is 19.9 Å². The Kier molecular flexibility index (Phi) is 2.08. The van der Waals surface area contributed by atoms with Crippen LogP contribution in [0.15, 0.2) is 18.2 Å². The Morgan fingerprint density at radius 1 is 1.50 bits per heavy atom. The molecule has 2 rings (SSSR count). The van der Waals surface area contributed by atoms with Crippen LogP contribution in [0.2, 0.25) is 0 Å². The molecule has 1 aromatic rings. The average molecular weight is 221 g/mol. The van der Waals surface area contributed by atoms with E-state index < -0.39 is 10.6 Å². The molecule has 0 atom stereocenters. The number of nitro groups is 1. The average Bonchev–Trinajstić information content (AvgIpc) is 2.15. The number of nitro benzene ring substituents is 1. The molecule has 0 unspecified atom stereocenters. The predicted molar refractivity (Wildman–Crippen MR) is 58.7 cm³/mol. The molecule has 0 aliphatic carbocycles. The van der Waals surface area contributed by atoms with Crippen molar-refractivity contribution in [3.63, 3.8) is 0 Å². The molecular formula is C10H11N3O3. The van der Waals surface area contributed by atoms with Gasteiger partial charge in [0.1, 0.15) is 0 Å². The standard InChI is InChI=1S/C10H11N3O3/c1-10(2)12-8-4-3-6(13(14)15)5-7(8)9(11)16-10/h3-5,11-12H,1-2H3. The minimum absolute atomic E-state index is 0.0476. The summed E-state index contributed by atoms with van der Waals surface area (Å²) in [6.45, 7) is 3.57. The first-order valence-corrected chi connectivity index (χ1v) is 4.74. The first-order valence-electron chi connectivity index (χ1n) is 4.74. The summed E-state index contributed by atoms with van der Waals surface area (Å²) in [6, 6.07) is 4.33. The van der Waals surface area contributed by atoms with Crippen LogP contribution in [0.1, 0.15) is 19.4 Å². The van der Waals surface area contributed by atoms with E-state index in [4.69, 9.17) is 10.1 Å². The lowest BCUT2D eigenvalue weighted by atomic mass is 10.1. The lowest BCUT2D eigenvalue weighted by Gasteiger charge is -2.34. The van der Waals surface area contributed by atoms with E-state index in [0.717, 1.165) is 0 Å². The largest absolute Gasteiger partial charge is 0.452 e. The van der Waals surface area contributed by atoms with Gasteiger partial charge >= 0.3 is 0 Å². The zero-order chi connectivity index (χ0) is 11.9. The quantitative estimate of drug-likeness (QED) is 0.561. The molecule has 0 radical (unpaired) electrons. The molecule has 1 heterocycles. The number of ether oxygens (including phenoxy) is 1. The maximum Gasteiger partial charge on any atom is 0.270 e. The van der Waals surface area contributed by atoms with Crippen molar-refractivity contribution in [2.24, 2.45) is 0 Å². The summed E-state index contributed by atoms with van der Waals surface area (Å²) in [4.78, 5) is 10.1. The number of hydrogen-bond donors (Lipinski definition) is 2. The van der Waals surface area contributed by atoms with Crippen LogP contribution in [0.25, 0.3) is 0 Å². The van der Waals surface area contributed by atoms with Gasteiger partial charge in [-0.05, 0) is 19.9 Å². The summed E-state index contributed by atoms with van der Waals surface area (Å²) in [5.41, 5.74) is 0.370. The molecule has 1 aliphatic heterocycles. The predicted octanol–water partition coefficient (Wildman–Crippen LogP) is 2.10. The topological polar surface area (TPSA) is 88.3 Å². The lowest BCUT2D eigenvalue weighted by molar-refractivity contribution is -0.384. The van der Waals surface area contributed by atoms with Crippen LogP contribution in [0, 0.1) is 15.5 Å². The lowest BCUT2D eigenvalue weighted by Crippen LogP contribution is -2.41. The van der Waals surface area contributed by atoms with Gasteiger partial charge in [0.25, 0.3) is 5.69 Å². The van der Waals surface area contributed by atoms with Gasteiger partial charge in [-0.2, -0.15) is 0 Å². The van der Waals surface area contributed by atoms with Crippen LogP contribution in [-0.2, 0) is 4.74 Å². The van der Waals surface area contributed by atoms with Crippen LogP contribution in [0.4, 0.5) is 11.4 Å². The fraction of sp³-hybridized carbons (Fsp3) is 0.300. The van der Waals surface area contributed by atoms with Gasteiger partial charge in [0.2, 0.25) is 5.90 Å². The highest BCUT2D eigenvalue weighted by Crippen LogP contribution is 2.30. The molecule has 6 heteroatoms. The summed E-state index contributed by atoms with van der Waals surface area (Å²) in [6.07, 6.45) is 0. The molecule has 0 bridgehead atoms. The maximum absolute atomic E-state index is 10.6. The van der Waals surface area contributed by atoms with Crippen LogP contribution < -0.4 is 5.32 Å². The van der Waals surface area contributed by atoms with Crippen molar-refractivity contribution in [2.75, 3.05) is 5.32 Å². The smallest absolute Gasteiger partial charge is 0.270 e. The Morgan fingerprint density at radius 2 is 2.19 bits per heavy atom. The first kappa shape index (κ1) is 10.4. The van der Waals surface area contributed by atoms with E-state index in [1.807, 2.05) is 0 Å². The van der Waals surface area contributed by atoms with Crippen molar-refractivity contribution in [1.29, 1.82) is 5.41 Å². The number of anilines is 1. The first-order chi connectivity index (χ1) is 7.39. The Hall–Kier alpha value is -2.11. The molecule has 0 aromatic heterocycles. The molecule has 0 amide bonds. The highest BCUT2D eigenvalue weighted by molar-refractivity contribution is 6.00. The van der Waals surface area contributed by atoms with Crippen molar-refractivity contribution in [2.45, 2.75) is 19.6 Å². The number of hydrogen-bond acceptors (Lipinski definition) is 5. The number of rotatable bonds is 1. The summed E-state index contributed by atoms with van der Waals surface area (Å²) in [5, 5.41) is 21.3. The molecule has 0 saturated carbocycles. The zero-order valence-electron chi connectivity index (χ0n) is 8.90. The summed E-state index contributed by atoms with van der Waals surface area (Å²) in [7, 11) is 0. The SMILES string of the molecule is CC1(C)Nc2ccc([N+](=O)[O-])cc2C(=N)O1. The van der Waals surface area contributed by atoms with Crippen LogP contribution >= 0.6 is 0 Å². The number of nitrogens with one attached hydrogen (secondary N) is 2. The van der Waals surface area contributed by atoms with Crippen molar-refractivity contribution in [3.8, 4) is 0 Å². The van der Waals surface area contributed by atoms with E-state index in [1.165, 1.54) is 12.1 Å². The van der Waals surface area contributed by atoms with E-state index in [-0.39, 0.29) is 11.6 Å². The van der Waals surface area contributed by atoms with Gasteiger partial charge in [0, 0.05) is 12.1 Å². The molecule has 2 N–H and O–H groups in total. The Balaban J connectivity index is 2.49. The second-order valence-corrected chi connectivity index (χ2v) is 4.05. The molecule has 1 aromatic carbocycles. The van der Waals surface area contributed by atoms with Gasteiger partial charge in [0.05, 0.1) is 16.2 Å². The van der Waals surface area contributed by atoms with Crippen LogP contribution in [-0.4, -0.2) is 16.5 Å². The summed E-state index contributed by atoms with van der Waals surface area (Å²) >= 11 is 0. The van der Waals surface area contributed by atoms with Gasteiger partial charge in [-0.15, -0.1) is 0 Å². The van der Waals surface area contributed by atoms with Gasteiger partial charge in [0.15, 0.2) is 5.72 Å². The fourth-order valence-electron chi connectivity index (χ4n) is 1.60. The van der Waals surface area contributed by atoms with Crippen molar-refractivity contribution < 1.29 is 9.66 Å².